The summed E-state index contributed by atoms with van der Waals surface area (Å²) in [6.45, 7) is 5.84. The van der Waals surface area contributed by atoms with Crippen LogP contribution < -0.4 is 5.06 Å². The molecule has 0 heterocycles. The molecule has 2 bridgehead atoms. The zero-order valence-electron chi connectivity index (χ0n) is 16.0. The average molecular weight is 346 g/mol. The van der Waals surface area contributed by atoms with Crippen molar-refractivity contribution in [3.8, 4) is 0 Å². The fraction of sp³-hybridized carbons (Fsp3) is 0.417. The van der Waals surface area contributed by atoms with Gasteiger partial charge in [0.05, 0.1) is 11.2 Å². The first-order chi connectivity index (χ1) is 12.4. The van der Waals surface area contributed by atoms with Gasteiger partial charge in [0.25, 0.3) is 0 Å². The zero-order valence-corrected chi connectivity index (χ0v) is 16.0. The van der Waals surface area contributed by atoms with E-state index in [1.54, 1.807) is 5.57 Å². The maximum absolute atomic E-state index is 12.5. The number of hydrogen-bond acceptors (Lipinski definition) is 1. The SMILES string of the molecule is CC(C)(C)N([O])c1ccc(C(=C2C3CCC2CC3)c2ccccc2)cc1. The van der Waals surface area contributed by atoms with Gasteiger partial charge in [-0.15, -0.1) is 0 Å². The molecular formula is C24H28NO. The van der Waals surface area contributed by atoms with Gasteiger partial charge < -0.3 is 0 Å². The minimum absolute atomic E-state index is 0.424. The van der Waals surface area contributed by atoms with E-state index in [1.165, 1.54) is 42.4 Å². The Bertz CT molecular complexity index is 776. The molecular weight excluding hydrogens is 318 g/mol. The first-order valence-corrected chi connectivity index (χ1v) is 9.82. The summed E-state index contributed by atoms with van der Waals surface area (Å²) < 4.78 is 0. The van der Waals surface area contributed by atoms with E-state index in [-0.39, 0.29) is 0 Å². The van der Waals surface area contributed by atoms with Crippen LogP contribution >= 0.6 is 0 Å². The molecule has 2 fully saturated rings. The van der Waals surface area contributed by atoms with E-state index in [2.05, 4.69) is 42.5 Å². The molecule has 1 radical (unpaired) electrons. The van der Waals surface area contributed by atoms with Crippen molar-refractivity contribution in [3.05, 3.63) is 71.3 Å². The largest absolute Gasteiger partial charge is 0.215 e. The maximum Gasteiger partial charge on any atom is 0.0674 e. The van der Waals surface area contributed by atoms with Crippen LogP contribution in [0.25, 0.3) is 5.57 Å². The van der Waals surface area contributed by atoms with Crippen LogP contribution in [-0.2, 0) is 5.21 Å². The summed E-state index contributed by atoms with van der Waals surface area (Å²) in [4.78, 5) is 0. The molecule has 2 aliphatic carbocycles. The van der Waals surface area contributed by atoms with Gasteiger partial charge in [0.15, 0.2) is 0 Å². The van der Waals surface area contributed by atoms with Crippen LogP contribution in [0.1, 0.15) is 57.6 Å². The van der Waals surface area contributed by atoms with Crippen LogP contribution in [0, 0.1) is 11.8 Å². The lowest BCUT2D eigenvalue weighted by molar-refractivity contribution is 0.102. The second kappa shape index (κ2) is 6.59. The molecule has 0 atom stereocenters. The molecule has 2 heteroatoms. The number of hydroxylamine groups is 1. The third kappa shape index (κ3) is 3.07. The molecule has 2 aliphatic rings. The van der Waals surface area contributed by atoms with Gasteiger partial charge in [0, 0.05) is 0 Å². The summed E-state index contributed by atoms with van der Waals surface area (Å²) in [6.07, 6.45) is 5.36. The Labute approximate surface area is 157 Å². The third-order valence-electron chi connectivity index (χ3n) is 5.96. The normalized spacial score (nSPS) is 21.9. The quantitative estimate of drug-likeness (QED) is 0.602. The van der Waals surface area contributed by atoms with Crippen molar-refractivity contribution < 1.29 is 5.21 Å². The smallest absolute Gasteiger partial charge is 0.0674 e. The highest BCUT2D eigenvalue weighted by molar-refractivity contribution is 5.83. The molecule has 2 saturated carbocycles. The molecule has 0 unspecified atom stereocenters. The Morgan fingerprint density at radius 1 is 0.808 bits per heavy atom. The number of nitrogens with zero attached hydrogens (tertiary/aromatic N) is 1. The number of fused-ring (bicyclic) bond motifs is 2. The van der Waals surface area contributed by atoms with Crippen LogP contribution in [0.4, 0.5) is 5.69 Å². The van der Waals surface area contributed by atoms with Crippen molar-refractivity contribution >= 4 is 11.3 Å². The molecule has 135 valence electrons. The first kappa shape index (κ1) is 17.4. The number of hydrogen-bond donors (Lipinski definition) is 0. The van der Waals surface area contributed by atoms with Crippen LogP contribution in [-0.4, -0.2) is 5.54 Å². The predicted molar refractivity (Wildman–Crippen MR) is 107 cm³/mol. The number of benzene rings is 2. The van der Waals surface area contributed by atoms with Crippen molar-refractivity contribution in [1.82, 2.24) is 0 Å². The Balaban J connectivity index is 1.78. The highest BCUT2D eigenvalue weighted by Gasteiger charge is 2.38. The van der Waals surface area contributed by atoms with Gasteiger partial charge in [-0.05, 0) is 87.1 Å². The lowest BCUT2D eigenvalue weighted by atomic mass is 9.88. The van der Waals surface area contributed by atoms with Gasteiger partial charge in [-0.2, -0.15) is 0 Å². The molecule has 0 aliphatic heterocycles. The minimum atomic E-state index is -0.424. The fourth-order valence-electron chi connectivity index (χ4n) is 4.71. The molecule has 0 spiro atoms. The van der Waals surface area contributed by atoms with E-state index in [4.69, 9.17) is 0 Å². The van der Waals surface area contributed by atoms with E-state index in [9.17, 15) is 5.21 Å². The van der Waals surface area contributed by atoms with Gasteiger partial charge >= 0.3 is 0 Å². The van der Waals surface area contributed by atoms with E-state index < -0.39 is 5.54 Å². The predicted octanol–water partition coefficient (Wildman–Crippen LogP) is 6.26. The van der Waals surface area contributed by atoms with Crippen molar-refractivity contribution in [1.29, 1.82) is 0 Å². The molecule has 0 amide bonds. The first-order valence-electron chi connectivity index (χ1n) is 9.82. The highest BCUT2D eigenvalue weighted by Crippen LogP contribution is 2.52. The van der Waals surface area contributed by atoms with Gasteiger partial charge in [0.1, 0.15) is 0 Å². The maximum atomic E-state index is 12.5. The third-order valence-corrected chi connectivity index (χ3v) is 5.96. The second-order valence-electron chi connectivity index (χ2n) is 8.76. The Morgan fingerprint density at radius 3 is 1.81 bits per heavy atom. The molecule has 0 saturated heterocycles. The Morgan fingerprint density at radius 2 is 1.31 bits per heavy atom. The van der Waals surface area contributed by atoms with Gasteiger partial charge in [-0.25, -0.2) is 5.06 Å². The van der Waals surface area contributed by atoms with E-state index in [0.29, 0.717) is 0 Å². The standard InChI is InChI=1S/C24H28NO/c1-24(2,3)25(26)21-15-13-20(14-16-21)22(17-7-5-4-6-8-17)23-18-9-10-19(23)12-11-18/h4-8,13-16,18-19H,9-12H2,1-3H3. The van der Waals surface area contributed by atoms with Gasteiger partial charge in [-0.1, -0.05) is 53.2 Å². The Hall–Kier alpha value is -2.06. The zero-order chi connectivity index (χ0) is 18.3. The van der Waals surface area contributed by atoms with Crippen LogP contribution in [0.15, 0.2) is 60.2 Å². The number of anilines is 1. The summed E-state index contributed by atoms with van der Waals surface area (Å²) in [5, 5.41) is 13.6. The van der Waals surface area contributed by atoms with Crippen molar-refractivity contribution in [2.75, 3.05) is 5.06 Å². The van der Waals surface area contributed by atoms with Crippen LogP contribution in [0.2, 0.25) is 0 Å². The second-order valence-corrected chi connectivity index (χ2v) is 8.76. The summed E-state index contributed by atoms with van der Waals surface area (Å²) in [7, 11) is 0. The van der Waals surface area contributed by atoms with Gasteiger partial charge in [0.2, 0.25) is 0 Å². The molecule has 26 heavy (non-hydrogen) atoms. The number of allylic oxidation sites excluding steroid dienone is 1. The monoisotopic (exact) mass is 346 g/mol. The molecule has 2 aromatic carbocycles. The Kier molecular flexibility index (Phi) is 4.40. The minimum Gasteiger partial charge on any atom is -0.215 e. The average Bonchev–Trinajstić information content (AvgIpc) is 3.22. The summed E-state index contributed by atoms with van der Waals surface area (Å²) in [6, 6.07) is 19.0. The van der Waals surface area contributed by atoms with Crippen molar-refractivity contribution in [2.24, 2.45) is 11.8 Å². The summed E-state index contributed by atoms with van der Waals surface area (Å²) in [5.41, 5.74) is 5.94. The van der Waals surface area contributed by atoms with Crippen molar-refractivity contribution in [2.45, 2.75) is 52.0 Å². The van der Waals surface area contributed by atoms with Crippen LogP contribution in [0.5, 0.6) is 0 Å². The van der Waals surface area contributed by atoms with Crippen LogP contribution in [0.3, 0.4) is 0 Å². The molecule has 2 aromatic rings. The molecule has 2 nitrogen and oxygen atoms in total. The van der Waals surface area contributed by atoms with Crippen molar-refractivity contribution in [3.63, 3.8) is 0 Å². The summed E-state index contributed by atoms with van der Waals surface area (Å²) >= 11 is 0. The number of rotatable bonds is 3. The lowest BCUT2D eigenvalue weighted by Crippen LogP contribution is -2.37. The molecule has 0 aromatic heterocycles. The van der Waals surface area contributed by atoms with E-state index >= 15 is 0 Å². The molecule has 4 rings (SSSR count). The fourth-order valence-corrected chi connectivity index (χ4v) is 4.71. The van der Waals surface area contributed by atoms with Gasteiger partial charge in [-0.3, -0.25) is 0 Å². The van der Waals surface area contributed by atoms with E-state index in [1.807, 2.05) is 32.9 Å². The van der Waals surface area contributed by atoms with E-state index in [0.717, 1.165) is 22.6 Å². The molecule has 0 N–H and O–H groups in total. The topological polar surface area (TPSA) is 23.1 Å². The lowest BCUT2D eigenvalue weighted by Gasteiger charge is -2.29. The summed E-state index contributed by atoms with van der Waals surface area (Å²) in [5.74, 6) is 1.50. The highest BCUT2D eigenvalue weighted by atomic mass is 16.5.